The number of nitrogens with one attached hydrogen (secondary N) is 2. The quantitative estimate of drug-likeness (QED) is 0.336. The molecule has 0 saturated heterocycles. The van der Waals surface area contributed by atoms with Gasteiger partial charge in [0.05, 0.1) is 15.5 Å². The van der Waals surface area contributed by atoms with Crippen molar-refractivity contribution in [1.29, 1.82) is 0 Å². The Kier molecular flexibility index (Phi) is 7.78. The standard InChI is InChI=1S/C19H20FN3O7S/c1-12(2)18(22-31(28,29)14-6-4-3-5-7-14)19(25)30-11-17(24)21-16-10-13(23(26)27)8-9-15(16)20/h3-10,12,18,22H,11H2,1-2H3,(H,21,24)/t18-/m1/s1. The third-order valence-electron chi connectivity index (χ3n) is 4.04. The van der Waals surface area contributed by atoms with Crippen LogP contribution in [0.1, 0.15) is 13.8 Å². The second-order valence-corrected chi connectivity index (χ2v) is 8.45. The van der Waals surface area contributed by atoms with Gasteiger partial charge in [-0.1, -0.05) is 32.0 Å². The average molecular weight is 453 g/mol. The number of nitro benzene ring substituents is 1. The molecule has 0 aliphatic carbocycles. The summed E-state index contributed by atoms with van der Waals surface area (Å²) < 4.78 is 45.8. The first-order chi connectivity index (χ1) is 14.5. The molecule has 2 aromatic rings. The number of benzene rings is 2. The van der Waals surface area contributed by atoms with Gasteiger partial charge in [-0.05, 0) is 24.1 Å². The molecule has 2 aromatic carbocycles. The first kappa shape index (κ1) is 23.9. The van der Waals surface area contributed by atoms with Crippen molar-refractivity contribution in [1.82, 2.24) is 4.72 Å². The Hall–Kier alpha value is -3.38. The molecule has 0 aliphatic heterocycles. The molecule has 1 atom stereocenters. The summed E-state index contributed by atoms with van der Waals surface area (Å²) in [5.74, 6) is -3.39. The Morgan fingerprint density at radius 3 is 2.39 bits per heavy atom. The number of hydrogen-bond donors (Lipinski definition) is 2. The fourth-order valence-electron chi connectivity index (χ4n) is 2.43. The third-order valence-corrected chi connectivity index (χ3v) is 5.49. The average Bonchev–Trinajstić information content (AvgIpc) is 2.72. The van der Waals surface area contributed by atoms with Gasteiger partial charge in [0.15, 0.2) is 6.61 Å². The molecule has 0 heterocycles. The van der Waals surface area contributed by atoms with Crippen molar-refractivity contribution >= 4 is 33.3 Å². The molecule has 0 aliphatic rings. The lowest BCUT2D eigenvalue weighted by atomic mass is 10.1. The van der Waals surface area contributed by atoms with E-state index < -0.39 is 62.6 Å². The summed E-state index contributed by atoms with van der Waals surface area (Å²) in [5, 5.41) is 12.8. The van der Waals surface area contributed by atoms with Gasteiger partial charge in [-0.3, -0.25) is 19.7 Å². The maximum absolute atomic E-state index is 13.8. The van der Waals surface area contributed by atoms with E-state index in [-0.39, 0.29) is 4.90 Å². The van der Waals surface area contributed by atoms with E-state index in [1.54, 1.807) is 19.9 Å². The number of anilines is 1. The van der Waals surface area contributed by atoms with Crippen LogP contribution < -0.4 is 10.0 Å². The number of sulfonamides is 1. The normalized spacial score (nSPS) is 12.3. The lowest BCUT2D eigenvalue weighted by Crippen LogP contribution is -2.45. The molecule has 10 nitrogen and oxygen atoms in total. The highest BCUT2D eigenvalue weighted by molar-refractivity contribution is 7.89. The highest BCUT2D eigenvalue weighted by atomic mass is 32.2. The van der Waals surface area contributed by atoms with Crippen molar-refractivity contribution in [2.75, 3.05) is 11.9 Å². The third kappa shape index (κ3) is 6.55. The Balaban J connectivity index is 2.03. The van der Waals surface area contributed by atoms with E-state index >= 15 is 0 Å². The Bertz CT molecular complexity index is 1080. The second-order valence-electron chi connectivity index (χ2n) is 6.73. The van der Waals surface area contributed by atoms with Crippen LogP contribution in [0, 0.1) is 21.8 Å². The number of non-ortho nitro benzene ring substituents is 1. The van der Waals surface area contributed by atoms with Gasteiger partial charge in [-0.25, -0.2) is 12.8 Å². The SMILES string of the molecule is CC(C)[C@@H](NS(=O)(=O)c1ccccc1)C(=O)OCC(=O)Nc1cc([N+](=O)[O-])ccc1F. The van der Waals surface area contributed by atoms with Crippen LogP contribution in [-0.4, -0.2) is 37.9 Å². The molecule has 0 spiro atoms. The molecule has 1 amide bonds. The van der Waals surface area contributed by atoms with Gasteiger partial charge >= 0.3 is 5.97 Å². The van der Waals surface area contributed by atoms with Gasteiger partial charge < -0.3 is 10.1 Å². The molecule has 2 N–H and O–H groups in total. The van der Waals surface area contributed by atoms with Gasteiger partial charge in [0.2, 0.25) is 10.0 Å². The number of carbonyl (C=O) groups is 2. The Morgan fingerprint density at radius 1 is 1.16 bits per heavy atom. The Labute approximate surface area is 177 Å². The van der Waals surface area contributed by atoms with E-state index in [0.29, 0.717) is 0 Å². The maximum Gasteiger partial charge on any atom is 0.324 e. The highest BCUT2D eigenvalue weighted by Gasteiger charge is 2.30. The van der Waals surface area contributed by atoms with Crippen LogP contribution in [0.25, 0.3) is 0 Å². The van der Waals surface area contributed by atoms with E-state index in [1.807, 2.05) is 0 Å². The predicted molar refractivity (Wildman–Crippen MR) is 108 cm³/mol. The summed E-state index contributed by atoms with van der Waals surface area (Å²) in [5.41, 5.74) is -0.899. The van der Waals surface area contributed by atoms with E-state index in [9.17, 15) is 32.5 Å². The number of ether oxygens (including phenoxy) is 1. The van der Waals surface area contributed by atoms with Gasteiger partial charge in [-0.15, -0.1) is 0 Å². The number of amides is 1. The minimum absolute atomic E-state index is 0.0488. The summed E-state index contributed by atoms with van der Waals surface area (Å²) in [6.07, 6.45) is 0. The lowest BCUT2D eigenvalue weighted by Gasteiger charge is -2.20. The van der Waals surface area contributed by atoms with E-state index in [0.717, 1.165) is 18.2 Å². The van der Waals surface area contributed by atoms with E-state index in [4.69, 9.17) is 4.74 Å². The number of halogens is 1. The topological polar surface area (TPSA) is 145 Å². The molecule has 0 bridgehead atoms. The molecule has 166 valence electrons. The van der Waals surface area contributed by atoms with E-state index in [2.05, 4.69) is 10.0 Å². The molecule has 31 heavy (non-hydrogen) atoms. The molecule has 12 heteroatoms. The van der Waals surface area contributed by atoms with Crippen molar-refractivity contribution in [2.45, 2.75) is 24.8 Å². The summed E-state index contributed by atoms with van der Waals surface area (Å²) >= 11 is 0. The van der Waals surface area contributed by atoms with Crippen LogP contribution in [0.15, 0.2) is 53.4 Å². The highest BCUT2D eigenvalue weighted by Crippen LogP contribution is 2.21. The summed E-state index contributed by atoms with van der Waals surface area (Å²) in [7, 11) is -4.02. The van der Waals surface area contributed by atoms with Crippen LogP contribution in [0.2, 0.25) is 0 Å². The number of rotatable bonds is 9. The minimum Gasteiger partial charge on any atom is -0.454 e. The largest absolute Gasteiger partial charge is 0.454 e. The first-order valence-electron chi connectivity index (χ1n) is 8.99. The van der Waals surface area contributed by atoms with Crippen molar-refractivity contribution in [3.05, 3.63) is 64.5 Å². The maximum atomic E-state index is 13.8. The van der Waals surface area contributed by atoms with Gasteiger partial charge in [-0.2, -0.15) is 4.72 Å². The number of nitro groups is 1. The summed E-state index contributed by atoms with van der Waals surface area (Å²) in [6.45, 7) is 2.31. The fourth-order valence-corrected chi connectivity index (χ4v) is 3.78. The molecular formula is C19H20FN3O7S. The van der Waals surface area contributed by atoms with Crippen LogP contribution in [0.5, 0.6) is 0 Å². The molecule has 0 radical (unpaired) electrons. The lowest BCUT2D eigenvalue weighted by molar-refractivity contribution is -0.384. The molecule has 2 rings (SSSR count). The van der Waals surface area contributed by atoms with Gasteiger partial charge in [0, 0.05) is 12.1 Å². The van der Waals surface area contributed by atoms with Crippen molar-refractivity contribution < 1.29 is 32.1 Å². The number of esters is 1. The zero-order valence-corrected chi connectivity index (χ0v) is 17.4. The fraction of sp³-hybridized carbons (Fsp3) is 0.263. The minimum atomic E-state index is -4.02. The van der Waals surface area contributed by atoms with Crippen LogP contribution in [0.4, 0.5) is 15.8 Å². The van der Waals surface area contributed by atoms with Crippen LogP contribution in [0.3, 0.4) is 0 Å². The number of hydrogen-bond acceptors (Lipinski definition) is 7. The molecule has 0 unspecified atom stereocenters. The molecule has 0 saturated carbocycles. The van der Waals surface area contributed by atoms with E-state index in [1.165, 1.54) is 24.3 Å². The Morgan fingerprint density at radius 2 is 1.81 bits per heavy atom. The van der Waals surface area contributed by atoms with Gasteiger partial charge in [0.1, 0.15) is 11.9 Å². The van der Waals surface area contributed by atoms with Crippen molar-refractivity contribution in [3.8, 4) is 0 Å². The van der Waals surface area contributed by atoms with Gasteiger partial charge in [0.25, 0.3) is 11.6 Å². The second kappa shape index (κ2) is 10.1. The predicted octanol–water partition coefficient (Wildman–Crippen LogP) is 2.22. The number of nitrogens with zero attached hydrogens (tertiary/aromatic N) is 1. The summed E-state index contributed by atoms with van der Waals surface area (Å²) in [6, 6.07) is 8.66. The van der Waals surface area contributed by atoms with Crippen LogP contribution >= 0.6 is 0 Å². The molecule has 0 fully saturated rings. The van der Waals surface area contributed by atoms with Crippen molar-refractivity contribution in [2.24, 2.45) is 5.92 Å². The number of carbonyl (C=O) groups excluding carboxylic acids is 2. The van der Waals surface area contributed by atoms with Crippen LogP contribution in [-0.2, 0) is 24.3 Å². The molecular weight excluding hydrogens is 433 g/mol. The first-order valence-corrected chi connectivity index (χ1v) is 10.5. The zero-order chi connectivity index (χ0) is 23.2. The van der Waals surface area contributed by atoms with Crippen molar-refractivity contribution in [3.63, 3.8) is 0 Å². The smallest absolute Gasteiger partial charge is 0.324 e. The monoisotopic (exact) mass is 453 g/mol. The summed E-state index contributed by atoms with van der Waals surface area (Å²) in [4.78, 5) is 34.3. The zero-order valence-electron chi connectivity index (χ0n) is 16.6. The molecule has 0 aromatic heterocycles.